The third-order valence-electron chi connectivity index (χ3n) is 4.09. The van der Waals surface area contributed by atoms with Crippen molar-refractivity contribution >= 4 is 11.7 Å². The van der Waals surface area contributed by atoms with Crippen molar-refractivity contribution in [1.29, 1.82) is 0 Å². The van der Waals surface area contributed by atoms with Gasteiger partial charge in [-0.05, 0) is 26.3 Å². The highest BCUT2D eigenvalue weighted by Gasteiger charge is 2.32. The molecule has 1 aliphatic heterocycles. The molecule has 5 heteroatoms. The minimum absolute atomic E-state index is 0.0145. The Balaban J connectivity index is 2.04. The second-order valence-corrected chi connectivity index (χ2v) is 6.18. The SMILES string of the molecule is CCCOc1ccccc1[C@@H]1CC(=O)Nc2c1cnn2C(C)C. The normalized spacial score (nSPS) is 17.0. The van der Waals surface area contributed by atoms with Crippen molar-refractivity contribution in [1.82, 2.24) is 9.78 Å². The number of hydrogen-bond donors (Lipinski definition) is 1. The lowest BCUT2D eigenvalue weighted by molar-refractivity contribution is -0.116. The number of carbonyl (C=O) groups excluding carboxylic acids is 1. The molecule has 0 radical (unpaired) electrons. The minimum atomic E-state index is -0.0145. The van der Waals surface area contributed by atoms with E-state index in [1.54, 1.807) is 0 Å². The topological polar surface area (TPSA) is 56.1 Å². The molecule has 1 aromatic carbocycles. The standard InChI is InChI=1S/C18H23N3O2/c1-4-9-23-16-8-6-5-7-13(16)14-10-17(22)20-18-15(14)11-19-21(18)12(2)3/h5-8,11-12,14H,4,9-10H2,1-3H3,(H,20,22)/t14-/m0/s1. The summed E-state index contributed by atoms with van der Waals surface area (Å²) in [6.07, 6.45) is 3.25. The highest BCUT2D eigenvalue weighted by atomic mass is 16.5. The quantitative estimate of drug-likeness (QED) is 0.915. The zero-order chi connectivity index (χ0) is 16.4. The van der Waals surface area contributed by atoms with E-state index in [4.69, 9.17) is 4.74 Å². The van der Waals surface area contributed by atoms with Crippen LogP contribution >= 0.6 is 0 Å². The molecule has 0 fully saturated rings. The van der Waals surface area contributed by atoms with E-state index < -0.39 is 0 Å². The minimum Gasteiger partial charge on any atom is -0.493 e. The van der Waals surface area contributed by atoms with Gasteiger partial charge in [0.05, 0.1) is 12.8 Å². The summed E-state index contributed by atoms with van der Waals surface area (Å²) in [6, 6.07) is 8.18. The lowest BCUT2D eigenvalue weighted by atomic mass is 9.87. The zero-order valence-electron chi connectivity index (χ0n) is 13.9. The third-order valence-corrected chi connectivity index (χ3v) is 4.09. The van der Waals surface area contributed by atoms with Crippen LogP contribution in [0.4, 0.5) is 5.82 Å². The number of aromatic nitrogens is 2. The van der Waals surface area contributed by atoms with E-state index in [-0.39, 0.29) is 17.9 Å². The number of nitrogens with one attached hydrogen (secondary N) is 1. The molecule has 2 heterocycles. The van der Waals surface area contributed by atoms with Crippen LogP contribution in [0.1, 0.15) is 56.7 Å². The van der Waals surface area contributed by atoms with Gasteiger partial charge >= 0.3 is 0 Å². The van der Waals surface area contributed by atoms with E-state index in [0.29, 0.717) is 13.0 Å². The van der Waals surface area contributed by atoms with Gasteiger partial charge in [-0.2, -0.15) is 5.10 Å². The maximum atomic E-state index is 12.2. The van der Waals surface area contributed by atoms with Crippen LogP contribution < -0.4 is 10.1 Å². The molecule has 1 amide bonds. The van der Waals surface area contributed by atoms with Crippen molar-refractivity contribution in [2.24, 2.45) is 0 Å². The fourth-order valence-electron chi connectivity index (χ4n) is 3.02. The Morgan fingerprint density at radius 1 is 1.35 bits per heavy atom. The van der Waals surface area contributed by atoms with Gasteiger partial charge < -0.3 is 10.1 Å². The predicted molar refractivity (Wildman–Crippen MR) is 89.9 cm³/mol. The number of rotatable bonds is 5. The van der Waals surface area contributed by atoms with Gasteiger partial charge in [0, 0.05) is 29.5 Å². The number of para-hydroxylation sites is 1. The fourth-order valence-corrected chi connectivity index (χ4v) is 3.02. The molecule has 1 atom stereocenters. The van der Waals surface area contributed by atoms with E-state index in [9.17, 15) is 4.79 Å². The van der Waals surface area contributed by atoms with Crippen LogP contribution in [0.3, 0.4) is 0 Å². The largest absolute Gasteiger partial charge is 0.493 e. The molecule has 122 valence electrons. The summed E-state index contributed by atoms with van der Waals surface area (Å²) in [5, 5.41) is 7.43. The lowest BCUT2D eigenvalue weighted by Gasteiger charge is -2.26. The summed E-state index contributed by atoms with van der Waals surface area (Å²) in [6.45, 7) is 6.87. The van der Waals surface area contributed by atoms with Gasteiger partial charge in [0.1, 0.15) is 11.6 Å². The fraction of sp³-hybridized carbons (Fsp3) is 0.444. The number of fused-ring (bicyclic) bond motifs is 1. The smallest absolute Gasteiger partial charge is 0.226 e. The first-order chi connectivity index (χ1) is 11.1. The van der Waals surface area contributed by atoms with Crippen LogP contribution in [-0.2, 0) is 4.79 Å². The van der Waals surface area contributed by atoms with E-state index in [1.165, 1.54) is 0 Å². The molecule has 1 N–H and O–H groups in total. The highest BCUT2D eigenvalue weighted by Crippen LogP contribution is 2.41. The van der Waals surface area contributed by atoms with E-state index in [0.717, 1.165) is 29.1 Å². The van der Waals surface area contributed by atoms with Gasteiger partial charge in [-0.25, -0.2) is 4.68 Å². The average molecular weight is 313 g/mol. The summed E-state index contributed by atoms with van der Waals surface area (Å²) in [5.74, 6) is 1.68. The first kappa shape index (κ1) is 15.6. The van der Waals surface area contributed by atoms with Crippen molar-refractivity contribution < 1.29 is 9.53 Å². The second-order valence-electron chi connectivity index (χ2n) is 6.18. The van der Waals surface area contributed by atoms with Crippen LogP contribution in [0.2, 0.25) is 0 Å². The summed E-state index contributed by atoms with van der Waals surface area (Å²) in [5.41, 5.74) is 2.12. The van der Waals surface area contributed by atoms with Crippen LogP contribution in [0, 0.1) is 0 Å². The van der Waals surface area contributed by atoms with E-state index >= 15 is 0 Å². The highest BCUT2D eigenvalue weighted by molar-refractivity contribution is 5.94. The molecule has 0 aliphatic carbocycles. The van der Waals surface area contributed by atoms with Gasteiger partial charge in [-0.1, -0.05) is 25.1 Å². The Morgan fingerprint density at radius 3 is 2.87 bits per heavy atom. The first-order valence-electron chi connectivity index (χ1n) is 8.20. The number of carbonyl (C=O) groups is 1. The Hall–Kier alpha value is -2.30. The Bertz CT molecular complexity index is 706. The third kappa shape index (κ3) is 2.96. The van der Waals surface area contributed by atoms with Crippen LogP contribution in [0.25, 0.3) is 0 Å². The number of amides is 1. The number of nitrogens with zero attached hydrogens (tertiary/aromatic N) is 2. The number of benzene rings is 1. The molecule has 3 rings (SSSR count). The van der Waals surface area contributed by atoms with Gasteiger partial charge in [0.15, 0.2) is 0 Å². The van der Waals surface area contributed by atoms with Crippen molar-refractivity contribution in [2.75, 3.05) is 11.9 Å². The maximum absolute atomic E-state index is 12.2. The van der Waals surface area contributed by atoms with Gasteiger partial charge in [0.25, 0.3) is 0 Å². The molecule has 0 bridgehead atoms. The van der Waals surface area contributed by atoms with Crippen LogP contribution in [0.15, 0.2) is 30.5 Å². The van der Waals surface area contributed by atoms with Crippen molar-refractivity contribution in [3.63, 3.8) is 0 Å². The molecule has 2 aromatic rings. The Kier molecular flexibility index (Phi) is 4.37. The zero-order valence-corrected chi connectivity index (χ0v) is 13.9. The first-order valence-corrected chi connectivity index (χ1v) is 8.20. The molecule has 0 spiro atoms. The monoisotopic (exact) mass is 313 g/mol. The van der Waals surface area contributed by atoms with Crippen molar-refractivity contribution in [3.05, 3.63) is 41.6 Å². The molecule has 0 unspecified atom stereocenters. The van der Waals surface area contributed by atoms with Gasteiger partial charge in [-0.3, -0.25) is 4.79 Å². The second kappa shape index (κ2) is 6.44. The van der Waals surface area contributed by atoms with Crippen LogP contribution in [-0.4, -0.2) is 22.3 Å². The summed E-state index contributed by atoms with van der Waals surface area (Å²) in [4.78, 5) is 12.2. The van der Waals surface area contributed by atoms with Crippen molar-refractivity contribution in [3.8, 4) is 5.75 Å². The molecule has 5 nitrogen and oxygen atoms in total. The molecular formula is C18H23N3O2. The van der Waals surface area contributed by atoms with E-state index in [2.05, 4.69) is 31.2 Å². The van der Waals surface area contributed by atoms with E-state index in [1.807, 2.05) is 35.1 Å². The summed E-state index contributed by atoms with van der Waals surface area (Å²) in [7, 11) is 0. The van der Waals surface area contributed by atoms with Gasteiger partial charge in [-0.15, -0.1) is 0 Å². The summed E-state index contributed by atoms with van der Waals surface area (Å²) < 4.78 is 7.76. The Morgan fingerprint density at radius 2 is 2.13 bits per heavy atom. The number of anilines is 1. The maximum Gasteiger partial charge on any atom is 0.226 e. The van der Waals surface area contributed by atoms with Gasteiger partial charge in [0.2, 0.25) is 5.91 Å². The number of ether oxygens (including phenoxy) is 1. The Labute approximate surface area is 136 Å². The predicted octanol–water partition coefficient (Wildman–Crippen LogP) is 3.73. The molecular weight excluding hydrogens is 290 g/mol. The molecule has 1 aliphatic rings. The molecule has 0 saturated carbocycles. The average Bonchev–Trinajstić information content (AvgIpc) is 2.96. The molecule has 0 saturated heterocycles. The molecule has 23 heavy (non-hydrogen) atoms. The van der Waals surface area contributed by atoms with Crippen molar-refractivity contribution in [2.45, 2.75) is 45.6 Å². The lowest BCUT2D eigenvalue weighted by Crippen LogP contribution is -2.25. The summed E-state index contributed by atoms with van der Waals surface area (Å²) >= 11 is 0. The van der Waals surface area contributed by atoms with Crippen LogP contribution in [0.5, 0.6) is 5.75 Å². The number of hydrogen-bond acceptors (Lipinski definition) is 3. The molecule has 1 aromatic heterocycles.